The highest BCUT2D eigenvalue weighted by Gasteiger charge is 2.41. The van der Waals surface area contributed by atoms with Crippen LogP contribution in [0.15, 0.2) is 67.1 Å². The van der Waals surface area contributed by atoms with Crippen LogP contribution in [0.1, 0.15) is 37.7 Å². The average Bonchev–Trinajstić information content (AvgIpc) is 3.15. The van der Waals surface area contributed by atoms with Gasteiger partial charge in [0, 0.05) is 27.9 Å². The monoisotopic (exact) mass is 485 g/mol. The molecule has 0 saturated heterocycles. The molecule has 1 aliphatic carbocycles. The molecule has 7 heteroatoms. The minimum absolute atomic E-state index is 0.121. The molecule has 0 spiro atoms. The molecular formula is C22H20BrN3OS2. The van der Waals surface area contributed by atoms with Crippen LogP contribution in [0.4, 0.5) is 5.69 Å². The highest BCUT2D eigenvalue weighted by Crippen LogP contribution is 2.49. The summed E-state index contributed by atoms with van der Waals surface area (Å²) in [6.45, 7) is 2.11. The Kier molecular flexibility index (Phi) is 5.86. The number of carbonyl (C=O) groups is 1. The van der Waals surface area contributed by atoms with Gasteiger partial charge >= 0.3 is 0 Å². The lowest BCUT2D eigenvalue weighted by Crippen LogP contribution is -2.38. The molecule has 4 nitrogen and oxygen atoms in total. The Labute approximate surface area is 187 Å². The molecule has 0 amide bonds. The summed E-state index contributed by atoms with van der Waals surface area (Å²) in [6, 6.07) is 12.2. The molecule has 4 rings (SSSR count). The third-order valence-electron chi connectivity index (χ3n) is 5.22. The second-order valence-corrected chi connectivity index (χ2v) is 10.3. The number of hydrogen-bond donors (Lipinski definition) is 1. The van der Waals surface area contributed by atoms with Gasteiger partial charge in [-0.1, -0.05) is 28.9 Å². The Morgan fingerprint density at radius 3 is 2.93 bits per heavy atom. The van der Waals surface area contributed by atoms with E-state index in [2.05, 4.69) is 28.9 Å². The van der Waals surface area contributed by atoms with E-state index in [9.17, 15) is 10.1 Å². The minimum atomic E-state index is -0.383. The number of nitriles is 1. The van der Waals surface area contributed by atoms with E-state index in [0.29, 0.717) is 17.8 Å². The lowest BCUT2D eigenvalue weighted by molar-refractivity contribution is -0.116. The van der Waals surface area contributed by atoms with Crippen molar-refractivity contribution in [3.63, 3.8) is 0 Å². The van der Waals surface area contributed by atoms with E-state index in [1.165, 1.54) is 0 Å². The molecule has 148 valence electrons. The van der Waals surface area contributed by atoms with Crippen LogP contribution in [0, 0.1) is 11.3 Å². The first-order valence-electron chi connectivity index (χ1n) is 9.48. The van der Waals surface area contributed by atoms with Gasteiger partial charge in [-0.25, -0.2) is 0 Å². The van der Waals surface area contributed by atoms with Crippen LogP contribution in [-0.4, -0.2) is 11.5 Å². The summed E-state index contributed by atoms with van der Waals surface area (Å²) >= 11 is 6.92. The van der Waals surface area contributed by atoms with Crippen molar-refractivity contribution in [3.8, 4) is 6.07 Å². The van der Waals surface area contributed by atoms with E-state index in [1.807, 2.05) is 40.6 Å². The molecule has 1 atom stereocenters. The summed E-state index contributed by atoms with van der Waals surface area (Å²) in [5, 5.41) is 12.1. The SMILES string of the molecule is CCSc1sccc1[C@H]1C(C#N)=C(N)N(c2cccc(Br)c2)C2=C1C(=O)CCC2. The maximum atomic E-state index is 13.1. The van der Waals surface area contributed by atoms with E-state index < -0.39 is 0 Å². The Bertz CT molecular complexity index is 1080. The normalized spacial score (nSPS) is 19.4. The maximum absolute atomic E-state index is 13.1. The smallest absolute Gasteiger partial charge is 0.161 e. The summed E-state index contributed by atoms with van der Waals surface area (Å²) in [5.41, 5.74) is 10.6. The third kappa shape index (κ3) is 3.54. The second-order valence-electron chi connectivity index (χ2n) is 6.89. The van der Waals surface area contributed by atoms with Crippen molar-refractivity contribution in [2.75, 3.05) is 10.7 Å². The topological polar surface area (TPSA) is 70.1 Å². The molecule has 2 aromatic rings. The molecule has 29 heavy (non-hydrogen) atoms. The molecule has 0 bridgehead atoms. The van der Waals surface area contributed by atoms with Crippen molar-refractivity contribution in [1.29, 1.82) is 5.26 Å². The Hall–Kier alpha value is -2.01. The Morgan fingerprint density at radius 1 is 1.38 bits per heavy atom. The van der Waals surface area contributed by atoms with Gasteiger partial charge in [-0.2, -0.15) is 5.26 Å². The fourth-order valence-corrected chi connectivity index (χ4v) is 6.53. The lowest BCUT2D eigenvalue weighted by Gasteiger charge is -2.39. The van der Waals surface area contributed by atoms with Crippen molar-refractivity contribution in [2.45, 2.75) is 36.3 Å². The van der Waals surface area contributed by atoms with Gasteiger partial charge in [0.15, 0.2) is 5.78 Å². The molecule has 2 aliphatic rings. The molecular weight excluding hydrogens is 466 g/mol. The fourth-order valence-electron chi connectivity index (χ4n) is 4.08. The molecule has 0 unspecified atom stereocenters. The van der Waals surface area contributed by atoms with Crippen LogP contribution in [0.3, 0.4) is 0 Å². The molecule has 2 heterocycles. The molecule has 0 saturated carbocycles. The Balaban J connectivity index is 1.96. The van der Waals surface area contributed by atoms with Gasteiger partial charge < -0.3 is 5.73 Å². The predicted octanol–water partition coefficient (Wildman–Crippen LogP) is 5.93. The van der Waals surface area contributed by atoms with Crippen LogP contribution in [-0.2, 0) is 4.79 Å². The van der Waals surface area contributed by atoms with E-state index in [1.54, 1.807) is 23.1 Å². The number of halogens is 1. The molecule has 0 fully saturated rings. The summed E-state index contributed by atoms with van der Waals surface area (Å²) in [4.78, 5) is 15.1. The number of hydrogen-bond acceptors (Lipinski definition) is 6. The van der Waals surface area contributed by atoms with Gasteiger partial charge in [-0.3, -0.25) is 9.69 Å². The van der Waals surface area contributed by atoms with E-state index in [-0.39, 0.29) is 11.7 Å². The highest BCUT2D eigenvalue weighted by atomic mass is 79.9. The van der Waals surface area contributed by atoms with Gasteiger partial charge in [-0.05, 0) is 53.8 Å². The fraction of sp³-hybridized carbons (Fsp3) is 0.273. The van der Waals surface area contributed by atoms with Crippen LogP contribution in [0.25, 0.3) is 0 Å². The summed E-state index contributed by atoms with van der Waals surface area (Å²) in [7, 11) is 0. The zero-order valence-electron chi connectivity index (χ0n) is 15.9. The van der Waals surface area contributed by atoms with Crippen molar-refractivity contribution in [1.82, 2.24) is 0 Å². The van der Waals surface area contributed by atoms with Gasteiger partial charge in [0.2, 0.25) is 0 Å². The molecule has 1 aromatic carbocycles. The molecule has 2 N–H and O–H groups in total. The van der Waals surface area contributed by atoms with Gasteiger partial charge in [0.25, 0.3) is 0 Å². The van der Waals surface area contributed by atoms with Crippen molar-refractivity contribution >= 4 is 50.5 Å². The lowest BCUT2D eigenvalue weighted by atomic mass is 9.76. The zero-order chi connectivity index (χ0) is 20.5. The molecule has 0 radical (unpaired) electrons. The summed E-state index contributed by atoms with van der Waals surface area (Å²) in [6.07, 6.45) is 2.08. The highest BCUT2D eigenvalue weighted by molar-refractivity contribution is 9.10. The number of anilines is 1. The maximum Gasteiger partial charge on any atom is 0.161 e. The number of benzene rings is 1. The number of ketones is 1. The number of nitrogens with zero attached hydrogens (tertiary/aromatic N) is 2. The van der Waals surface area contributed by atoms with Crippen molar-refractivity contribution in [3.05, 3.63) is 68.4 Å². The van der Waals surface area contributed by atoms with Crippen LogP contribution in [0.2, 0.25) is 0 Å². The predicted molar refractivity (Wildman–Crippen MR) is 123 cm³/mol. The minimum Gasteiger partial charge on any atom is -0.384 e. The van der Waals surface area contributed by atoms with E-state index >= 15 is 0 Å². The van der Waals surface area contributed by atoms with Gasteiger partial charge in [-0.15, -0.1) is 23.1 Å². The first-order chi connectivity index (χ1) is 14.1. The van der Waals surface area contributed by atoms with Gasteiger partial charge in [0.05, 0.1) is 21.8 Å². The van der Waals surface area contributed by atoms with E-state index in [4.69, 9.17) is 5.73 Å². The quantitative estimate of drug-likeness (QED) is 0.543. The molecule has 1 aliphatic heterocycles. The number of nitrogens with two attached hydrogens (primary N) is 1. The second kappa shape index (κ2) is 8.39. The standard InChI is InChI=1S/C22H20BrN3OS2/c1-2-28-22-15(9-10-29-22)19-16(12-24)21(25)26(14-6-3-5-13(23)11-14)17-7-4-8-18(27)20(17)19/h3,5-6,9-11,19H,2,4,7-8,25H2,1H3/t19-/m0/s1. The third-order valence-corrected chi connectivity index (χ3v) is 7.87. The van der Waals surface area contributed by atoms with Crippen molar-refractivity contribution in [2.24, 2.45) is 5.73 Å². The first kappa shape index (κ1) is 20.3. The number of thioether (sulfide) groups is 1. The number of rotatable bonds is 4. The number of Topliss-reactive ketones (excluding diaryl/α,β-unsaturated/α-hetero) is 1. The molecule has 1 aromatic heterocycles. The van der Waals surface area contributed by atoms with Gasteiger partial charge in [0.1, 0.15) is 5.82 Å². The van der Waals surface area contributed by atoms with Crippen molar-refractivity contribution < 1.29 is 4.79 Å². The largest absolute Gasteiger partial charge is 0.384 e. The van der Waals surface area contributed by atoms with Crippen LogP contribution < -0.4 is 10.6 Å². The number of allylic oxidation sites excluding steroid dienone is 3. The average molecular weight is 486 g/mol. The first-order valence-corrected chi connectivity index (χ1v) is 12.1. The van der Waals surface area contributed by atoms with E-state index in [0.717, 1.165) is 49.8 Å². The number of thiophene rings is 1. The summed E-state index contributed by atoms with van der Waals surface area (Å²) < 4.78 is 2.08. The Morgan fingerprint density at radius 2 is 2.21 bits per heavy atom. The number of carbonyl (C=O) groups excluding carboxylic acids is 1. The zero-order valence-corrected chi connectivity index (χ0v) is 19.2. The van der Waals surface area contributed by atoms with Crippen LogP contribution in [0.5, 0.6) is 0 Å². The van der Waals surface area contributed by atoms with Crippen LogP contribution >= 0.6 is 39.0 Å². The summed E-state index contributed by atoms with van der Waals surface area (Å²) in [5.74, 6) is 1.09.